The van der Waals surface area contributed by atoms with Gasteiger partial charge in [0.15, 0.2) is 0 Å². The summed E-state index contributed by atoms with van der Waals surface area (Å²) in [6.07, 6.45) is -3.22. The van der Waals surface area contributed by atoms with Gasteiger partial charge in [-0.15, -0.1) is 12.4 Å². The first-order chi connectivity index (χ1) is 12.7. The molecule has 2 rings (SSSR count). The molecule has 0 aromatic heterocycles. The molecule has 9 heteroatoms. The lowest BCUT2D eigenvalue weighted by molar-refractivity contribution is -0.137. The smallest absolute Gasteiger partial charge is 0.325 e. The third kappa shape index (κ3) is 6.54. The van der Waals surface area contributed by atoms with Crippen molar-refractivity contribution < 1.29 is 22.8 Å². The molecule has 0 saturated carbocycles. The van der Waals surface area contributed by atoms with E-state index in [2.05, 4.69) is 10.6 Å². The van der Waals surface area contributed by atoms with E-state index in [0.29, 0.717) is 17.8 Å². The van der Waals surface area contributed by atoms with Crippen LogP contribution in [0.15, 0.2) is 48.5 Å². The topological polar surface area (TPSA) is 84.2 Å². The third-order valence-electron chi connectivity index (χ3n) is 3.78. The van der Waals surface area contributed by atoms with Crippen molar-refractivity contribution in [2.45, 2.75) is 32.0 Å². The SMILES string of the molecule is CCCC(N)C(=O)Nc1cccc(NC(=O)c2cccc(C(F)(F)F)c2)c1.Cl. The molecule has 0 radical (unpaired) electrons. The number of hydrogen-bond donors (Lipinski definition) is 3. The summed E-state index contributed by atoms with van der Waals surface area (Å²) >= 11 is 0. The van der Waals surface area contributed by atoms with Crippen molar-refractivity contribution in [2.75, 3.05) is 10.6 Å². The van der Waals surface area contributed by atoms with E-state index in [4.69, 9.17) is 5.73 Å². The fourth-order valence-corrected chi connectivity index (χ4v) is 2.39. The summed E-state index contributed by atoms with van der Waals surface area (Å²) in [4.78, 5) is 24.2. The van der Waals surface area contributed by atoms with Crippen molar-refractivity contribution >= 4 is 35.6 Å². The van der Waals surface area contributed by atoms with Crippen LogP contribution >= 0.6 is 12.4 Å². The average molecular weight is 416 g/mol. The maximum absolute atomic E-state index is 12.8. The highest BCUT2D eigenvalue weighted by atomic mass is 35.5. The molecule has 0 heterocycles. The Kier molecular flexibility index (Phi) is 8.46. The van der Waals surface area contributed by atoms with Crippen LogP contribution in [0.5, 0.6) is 0 Å². The summed E-state index contributed by atoms with van der Waals surface area (Å²) in [6.45, 7) is 1.91. The summed E-state index contributed by atoms with van der Waals surface area (Å²) < 4.78 is 38.3. The van der Waals surface area contributed by atoms with Gasteiger partial charge in [-0.05, 0) is 42.8 Å². The number of carbonyl (C=O) groups is 2. The second kappa shape index (κ2) is 10.1. The van der Waals surface area contributed by atoms with Crippen molar-refractivity contribution in [3.8, 4) is 0 Å². The first-order valence-corrected chi connectivity index (χ1v) is 8.36. The van der Waals surface area contributed by atoms with Crippen LogP contribution in [0.4, 0.5) is 24.5 Å². The summed E-state index contributed by atoms with van der Waals surface area (Å²) in [7, 11) is 0. The number of halogens is 4. The van der Waals surface area contributed by atoms with E-state index in [1.807, 2.05) is 6.92 Å². The summed E-state index contributed by atoms with van der Waals surface area (Å²) in [5.41, 5.74) is 5.48. The first kappa shape index (κ1) is 23.5. The van der Waals surface area contributed by atoms with Crippen LogP contribution in [0.2, 0.25) is 0 Å². The van der Waals surface area contributed by atoms with Crippen LogP contribution in [0, 0.1) is 0 Å². The summed E-state index contributed by atoms with van der Waals surface area (Å²) in [6, 6.07) is 9.79. The van der Waals surface area contributed by atoms with Crippen LogP contribution in [0.1, 0.15) is 35.7 Å². The standard InChI is InChI=1S/C19H20F3N3O2.ClH/c1-2-5-16(23)18(27)25-15-9-4-8-14(11-15)24-17(26)12-6-3-7-13(10-12)19(20,21)22;/h3-4,6-11,16H,2,5,23H2,1H3,(H,24,26)(H,25,27);1H. The Morgan fingerprint density at radius 1 is 1.04 bits per heavy atom. The number of nitrogens with one attached hydrogen (secondary N) is 2. The number of carbonyl (C=O) groups excluding carboxylic acids is 2. The highest BCUT2D eigenvalue weighted by Crippen LogP contribution is 2.29. The van der Waals surface area contributed by atoms with Gasteiger partial charge in [0.05, 0.1) is 11.6 Å². The minimum absolute atomic E-state index is 0. The Morgan fingerprint density at radius 3 is 2.25 bits per heavy atom. The molecule has 152 valence electrons. The Balaban J connectivity index is 0.00000392. The lowest BCUT2D eigenvalue weighted by Crippen LogP contribution is -2.35. The zero-order chi connectivity index (χ0) is 20.0. The van der Waals surface area contributed by atoms with Gasteiger partial charge in [-0.25, -0.2) is 0 Å². The van der Waals surface area contributed by atoms with Crippen LogP contribution < -0.4 is 16.4 Å². The van der Waals surface area contributed by atoms with Gasteiger partial charge in [0.25, 0.3) is 5.91 Å². The second-order valence-corrected chi connectivity index (χ2v) is 6.00. The maximum Gasteiger partial charge on any atom is 0.416 e. The molecule has 5 nitrogen and oxygen atoms in total. The molecule has 0 saturated heterocycles. The predicted molar refractivity (Wildman–Crippen MR) is 105 cm³/mol. The number of amides is 2. The monoisotopic (exact) mass is 415 g/mol. The number of rotatable bonds is 6. The zero-order valence-corrected chi connectivity index (χ0v) is 15.9. The van der Waals surface area contributed by atoms with Crippen LogP contribution in [0.25, 0.3) is 0 Å². The molecule has 1 unspecified atom stereocenters. The number of anilines is 2. The molecule has 4 N–H and O–H groups in total. The van der Waals surface area contributed by atoms with E-state index < -0.39 is 23.7 Å². The number of hydrogen-bond acceptors (Lipinski definition) is 3. The first-order valence-electron chi connectivity index (χ1n) is 8.36. The Morgan fingerprint density at radius 2 is 1.64 bits per heavy atom. The quantitative estimate of drug-likeness (QED) is 0.651. The van der Waals surface area contributed by atoms with Gasteiger partial charge >= 0.3 is 6.18 Å². The minimum atomic E-state index is -4.53. The third-order valence-corrected chi connectivity index (χ3v) is 3.78. The highest BCUT2D eigenvalue weighted by molar-refractivity contribution is 6.05. The van der Waals surface area contributed by atoms with Gasteiger partial charge in [-0.3, -0.25) is 9.59 Å². The Hall–Kier alpha value is -2.58. The normalized spacial score (nSPS) is 11.9. The van der Waals surface area contributed by atoms with E-state index in [9.17, 15) is 22.8 Å². The molecule has 0 aliphatic rings. The van der Waals surface area contributed by atoms with Gasteiger partial charge in [0.2, 0.25) is 5.91 Å². The van der Waals surface area contributed by atoms with Crippen molar-refractivity contribution in [1.29, 1.82) is 0 Å². The van der Waals surface area contributed by atoms with E-state index in [-0.39, 0.29) is 23.9 Å². The zero-order valence-electron chi connectivity index (χ0n) is 15.0. The molecule has 1 atom stereocenters. The number of nitrogens with two attached hydrogens (primary N) is 1. The molecular formula is C19H21ClF3N3O2. The highest BCUT2D eigenvalue weighted by Gasteiger charge is 2.30. The van der Waals surface area contributed by atoms with Gasteiger partial charge in [-0.2, -0.15) is 13.2 Å². The van der Waals surface area contributed by atoms with Crippen LogP contribution in [-0.4, -0.2) is 17.9 Å². The molecule has 0 fully saturated rings. The van der Waals surface area contributed by atoms with Gasteiger partial charge < -0.3 is 16.4 Å². The minimum Gasteiger partial charge on any atom is -0.325 e. The van der Waals surface area contributed by atoms with Crippen molar-refractivity contribution in [3.05, 3.63) is 59.7 Å². The number of benzene rings is 2. The van der Waals surface area contributed by atoms with Crippen LogP contribution in [-0.2, 0) is 11.0 Å². The van der Waals surface area contributed by atoms with Gasteiger partial charge in [0, 0.05) is 16.9 Å². The molecule has 0 aliphatic carbocycles. The lowest BCUT2D eigenvalue weighted by Gasteiger charge is -2.13. The fraction of sp³-hybridized carbons (Fsp3) is 0.263. The van der Waals surface area contributed by atoms with E-state index in [0.717, 1.165) is 18.6 Å². The van der Waals surface area contributed by atoms with Gasteiger partial charge in [-0.1, -0.05) is 25.5 Å². The molecule has 0 bridgehead atoms. The fourth-order valence-electron chi connectivity index (χ4n) is 2.39. The van der Waals surface area contributed by atoms with E-state index >= 15 is 0 Å². The molecule has 0 aliphatic heterocycles. The molecule has 2 aromatic carbocycles. The van der Waals surface area contributed by atoms with Crippen LogP contribution in [0.3, 0.4) is 0 Å². The van der Waals surface area contributed by atoms with Crippen molar-refractivity contribution in [1.82, 2.24) is 0 Å². The predicted octanol–water partition coefficient (Wildman–Crippen LogP) is 4.45. The van der Waals surface area contributed by atoms with E-state index in [1.54, 1.807) is 18.2 Å². The van der Waals surface area contributed by atoms with Crippen molar-refractivity contribution in [3.63, 3.8) is 0 Å². The molecule has 2 aromatic rings. The maximum atomic E-state index is 12.8. The molecule has 2 amide bonds. The van der Waals surface area contributed by atoms with E-state index in [1.165, 1.54) is 18.2 Å². The Labute approximate surface area is 166 Å². The molecule has 0 spiro atoms. The second-order valence-electron chi connectivity index (χ2n) is 6.00. The lowest BCUT2D eigenvalue weighted by atomic mass is 10.1. The summed E-state index contributed by atoms with van der Waals surface area (Å²) in [5.74, 6) is -1.04. The van der Waals surface area contributed by atoms with Crippen molar-refractivity contribution in [2.24, 2.45) is 5.73 Å². The molecule has 28 heavy (non-hydrogen) atoms. The molecular weight excluding hydrogens is 395 g/mol. The number of alkyl halides is 3. The summed E-state index contributed by atoms with van der Waals surface area (Å²) in [5, 5.41) is 5.16. The Bertz CT molecular complexity index is 828. The van der Waals surface area contributed by atoms with Gasteiger partial charge in [0.1, 0.15) is 0 Å². The largest absolute Gasteiger partial charge is 0.416 e. The average Bonchev–Trinajstić information content (AvgIpc) is 2.61.